The third-order valence-electron chi connectivity index (χ3n) is 1.96. The van der Waals surface area contributed by atoms with E-state index in [4.69, 9.17) is 9.15 Å². The maximum atomic E-state index is 11.4. The Balaban J connectivity index is 0.00000324. The van der Waals surface area contributed by atoms with Crippen molar-refractivity contribution >= 4 is 24.3 Å². The average molecular weight is 293 g/mol. The van der Waals surface area contributed by atoms with Crippen LogP contribution in [-0.2, 0) is 4.74 Å². The molecule has 0 aromatic carbocycles. The van der Waals surface area contributed by atoms with Crippen LogP contribution >= 0.6 is 12.4 Å². The van der Waals surface area contributed by atoms with Crippen molar-refractivity contribution in [2.45, 2.75) is 26.3 Å². The summed E-state index contributed by atoms with van der Waals surface area (Å²) in [4.78, 5) is 21.1. The van der Waals surface area contributed by atoms with Crippen LogP contribution in [0.2, 0.25) is 0 Å². The van der Waals surface area contributed by atoms with Crippen LogP contribution in [-0.4, -0.2) is 29.6 Å². The zero-order valence-electron chi connectivity index (χ0n) is 11.0. The lowest BCUT2D eigenvalue weighted by molar-refractivity contribution is -0.402. The second-order valence-electron chi connectivity index (χ2n) is 4.71. The molecule has 0 radical (unpaired) electrons. The molecule has 0 fully saturated rings. The maximum absolute atomic E-state index is 11.4. The monoisotopic (exact) mass is 292 g/mol. The van der Waals surface area contributed by atoms with Gasteiger partial charge in [-0.3, -0.25) is 10.1 Å². The van der Waals surface area contributed by atoms with Crippen LogP contribution in [0.4, 0.5) is 5.88 Å². The molecule has 1 heterocycles. The summed E-state index contributed by atoms with van der Waals surface area (Å²) in [5.74, 6) is -1.36. The van der Waals surface area contributed by atoms with Gasteiger partial charge in [-0.05, 0) is 26.8 Å². The first-order valence-electron chi connectivity index (χ1n) is 5.46. The number of hydrogen-bond acceptors (Lipinski definition) is 6. The van der Waals surface area contributed by atoms with Crippen molar-refractivity contribution < 1.29 is 18.9 Å². The molecule has 0 saturated carbocycles. The molecular formula is C11H17ClN2O5. The number of carbonyl (C=O) groups excluding carboxylic acids is 1. The highest BCUT2D eigenvalue weighted by atomic mass is 35.5. The molecule has 0 unspecified atom stereocenters. The van der Waals surface area contributed by atoms with Crippen LogP contribution < -0.4 is 5.32 Å². The molecule has 0 bridgehead atoms. The van der Waals surface area contributed by atoms with E-state index in [0.29, 0.717) is 6.54 Å². The smallest absolute Gasteiger partial charge is 0.433 e. The Morgan fingerprint density at radius 1 is 1.47 bits per heavy atom. The Labute approximate surface area is 116 Å². The molecule has 0 saturated heterocycles. The molecule has 19 heavy (non-hydrogen) atoms. The fourth-order valence-electron chi connectivity index (χ4n) is 1.18. The molecule has 0 spiro atoms. The molecule has 0 aliphatic carbocycles. The van der Waals surface area contributed by atoms with E-state index in [1.807, 2.05) is 20.8 Å². The minimum atomic E-state index is -0.710. The van der Waals surface area contributed by atoms with Gasteiger partial charge >= 0.3 is 11.9 Å². The Kier molecular flexibility index (Phi) is 6.51. The van der Waals surface area contributed by atoms with Gasteiger partial charge in [0.1, 0.15) is 11.5 Å². The highest BCUT2D eigenvalue weighted by Crippen LogP contribution is 2.16. The van der Waals surface area contributed by atoms with E-state index in [2.05, 4.69) is 5.32 Å². The van der Waals surface area contributed by atoms with Gasteiger partial charge in [0.2, 0.25) is 5.76 Å². The summed E-state index contributed by atoms with van der Waals surface area (Å²) in [6, 6.07) is 2.33. The molecule has 108 valence electrons. The number of ether oxygens (including phenoxy) is 1. The molecular weight excluding hydrogens is 276 g/mol. The zero-order chi connectivity index (χ0) is 13.8. The highest BCUT2D eigenvalue weighted by Gasteiger charge is 2.18. The standard InChI is InChI=1S/C11H16N2O5.ClH/c1-11(2,3)12-6-7-17-10(14)8-4-5-9(18-8)13(15)16;/h4-5,12H,6-7H2,1-3H3;1H. The lowest BCUT2D eigenvalue weighted by Gasteiger charge is -2.20. The van der Waals surface area contributed by atoms with Crippen LogP contribution in [0.3, 0.4) is 0 Å². The van der Waals surface area contributed by atoms with Crippen LogP contribution in [0.5, 0.6) is 0 Å². The van der Waals surface area contributed by atoms with Gasteiger partial charge < -0.3 is 14.5 Å². The zero-order valence-corrected chi connectivity index (χ0v) is 11.8. The number of halogens is 1. The summed E-state index contributed by atoms with van der Waals surface area (Å²) in [6.45, 7) is 6.64. The lowest BCUT2D eigenvalue weighted by Crippen LogP contribution is -2.38. The van der Waals surface area contributed by atoms with E-state index in [1.165, 1.54) is 6.07 Å². The largest absolute Gasteiger partial charge is 0.458 e. The van der Waals surface area contributed by atoms with Crippen LogP contribution in [0.1, 0.15) is 31.3 Å². The average Bonchev–Trinajstić information content (AvgIpc) is 2.72. The first-order valence-corrected chi connectivity index (χ1v) is 5.46. The number of nitrogens with one attached hydrogen (secondary N) is 1. The SMILES string of the molecule is CC(C)(C)NCCOC(=O)c1ccc([N+](=O)[O-])o1.Cl. The summed E-state index contributed by atoms with van der Waals surface area (Å²) in [5.41, 5.74) is -0.0596. The molecule has 0 aliphatic rings. The number of nitrogens with zero attached hydrogens (tertiary/aromatic N) is 1. The number of hydrogen-bond donors (Lipinski definition) is 1. The molecule has 0 amide bonds. The summed E-state index contributed by atoms with van der Waals surface area (Å²) in [6.07, 6.45) is 0. The summed E-state index contributed by atoms with van der Waals surface area (Å²) in [7, 11) is 0. The van der Waals surface area contributed by atoms with E-state index in [1.54, 1.807) is 0 Å². The summed E-state index contributed by atoms with van der Waals surface area (Å²) < 4.78 is 9.61. The van der Waals surface area contributed by atoms with Gasteiger partial charge in [0, 0.05) is 12.1 Å². The predicted octanol–water partition coefficient (Wildman–Crippen LogP) is 2.15. The molecule has 1 N–H and O–H groups in total. The van der Waals surface area contributed by atoms with Crippen molar-refractivity contribution in [3.05, 3.63) is 28.0 Å². The van der Waals surface area contributed by atoms with Gasteiger partial charge in [0.15, 0.2) is 0 Å². The molecule has 1 aromatic heterocycles. The van der Waals surface area contributed by atoms with Crippen molar-refractivity contribution in [2.75, 3.05) is 13.2 Å². The maximum Gasteiger partial charge on any atom is 0.433 e. The van der Waals surface area contributed by atoms with E-state index in [9.17, 15) is 14.9 Å². The summed E-state index contributed by atoms with van der Waals surface area (Å²) in [5, 5.41) is 13.5. The quantitative estimate of drug-likeness (QED) is 0.387. The van der Waals surface area contributed by atoms with Crippen molar-refractivity contribution in [3.63, 3.8) is 0 Å². The van der Waals surface area contributed by atoms with Gasteiger partial charge in [0.25, 0.3) is 0 Å². The Bertz CT molecular complexity index is 439. The predicted molar refractivity (Wildman–Crippen MR) is 70.6 cm³/mol. The second-order valence-corrected chi connectivity index (χ2v) is 4.71. The third kappa shape index (κ3) is 6.21. The minimum absolute atomic E-state index is 0. The van der Waals surface area contributed by atoms with E-state index in [0.717, 1.165) is 6.07 Å². The molecule has 7 nitrogen and oxygen atoms in total. The number of furan rings is 1. The molecule has 1 aromatic rings. The lowest BCUT2D eigenvalue weighted by atomic mass is 10.1. The molecule has 0 aliphatic heterocycles. The topological polar surface area (TPSA) is 94.6 Å². The number of rotatable bonds is 5. The first-order chi connectivity index (χ1) is 8.29. The first kappa shape index (κ1) is 17.4. The van der Waals surface area contributed by atoms with Gasteiger partial charge in [-0.1, -0.05) is 0 Å². The number of esters is 1. The van der Waals surface area contributed by atoms with Gasteiger partial charge in [0.05, 0.1) is 6.07 Å². The Morgan fingerprint density at radius 3 is 2.58 bits per heavy atom. The number of carbonyl (C=O) groups is 1. The van der Waals surface area contributed by atoms with Gasteiger partial charge in [-0.25, -0.2) is 4.79 Å². The van der Waals surface area contributed by atoms with Gasteiger partial charge in [-0.15, -0.1) is 12.4 Å². The minimum Gasteiger partial charge on any atom is -0.458 e. The van der Waals surface area contributed by atoms with Crippen LogP contribution in [0.25, 0.3) is 0 Å². The molecule has 8 heteroatoms. The van der Waals surface area contributed by atoms with Crippen molar-refractivity contribution in [3.8, 4) is 0 Å². The molecule has 1 rings (SSSR count). The van der Waals surface area contributed by atoms with Crippen LogP contribution in [0.15, 0.2) is 16.5 Å². The Morgan fingerprint density at radius 2 is 2.11 bits per heavy atom. The van der Waals surface area contributed by atoms with E-state index in [-0.39, 0.29) is 30.3 Å². The summed E-state index contributed by atoms with van der Waals surface area (Å²) >= 11 is 0. The van der Waals surface area contributed by atoms with E-state index < -0.39 is 16.8 Å². The second kappa shape index (κ2) is 7.10. The van der Waals surface area contributed by atoms with E-state index >= 15 is 0 Å². The third-order valence-corrected chi connectivity index (χ3v) is 1.96. The number of nitro groups is 1. The normalized spacial score (nSPS) is 10.7. The van der Waals surface area contributed by atoms with Crippen molar-refractivity contribution in [1.82, 2.24) is 5.32 Å². The van der Waals surface area contributed by atoms with Crippen molar-refractivity contribution in [1.29, 1.82) is 0 Å². The Hall–Kier alpha value is -1.60. The van der Waals surface area contributed by atoms with Crippen molar-refractivity contribution in [2.24, 2.45) is 0 Å². The fourth-order valence-corrected chi connectivity index (χ4v) is 1.18. The molecule has 0 atom stereocenters. The van der Waals surface area contributed by atoms with Crippen LogP contribution in [0, 0.1) is 10.1 Å². The fraction of sp³-hybridized carbons (Fsp3) is 0.545. The van der Waals surface area contributed by atoms with Gasteiger partial charge in [-0.2, -0.15) is 0 Å². The highest BCUT2D eigenvalue weighted by molar-refractivity contribution is 5.86.